The second kappa shape index (κ2) is 5.13. The molecule has 6 heteroatoms. The lowest BCUT2D eigenvalue weighted by atomic mass is 10.1. The number of carbonyl (C=O) groups is 1. The van der Waals surface area contributed by atoms with E-state index in [2.05, 4.69) is 15.3 Å². The minimum Gasteiger partial charge on any atom is -0.396 e. The van der Waals surface area contributed by atoms with E-state index in [0.717, 1.165) is 6.54 Å². The minimum atomic E-state index is -0.103. The van der Waals surface area contributed by atoms with Gasteiger partial charge in [0.15, 0.2) is 0 Å². The van der Waals surface area contributed by atoms with Crippen LogP contribution in [0, 0.1) is 5.92 Å². The van der Waals surface area contributed by atoms with Gasteiger partial charge in [0.1, 0.15) is 15.2 Å². The number of amides is 1. The Balaban J connectivity index is 1.75. The van der Waals surface area contributed by atoms with Gasteiger partial charge in [-0.1, -0.05) is 12.8 Å². The first kappa shape index (κ1) is 12.3. The molecule has 1 saturated carbocycles. The standard InChI is InChI=1S/C13H16N4OS/c14-9-10-13(16-6-5-15-10)19-11(9)12(18)17-7-8-3-1-2-4-8/h5-6,8H,1-4,7,14H2,(H,17,18). The van der Waals surface area contributed by atoms with Crippen molar-refractivity contribution < 1.29 is 4.79 Å². The molecule has 3 N–H and O–H groups in total. The molecule has 2 aromatic rings. The van der Waals surface area contributed by atoms with E-state index in [1.54, 1.807) is 12.4 Å². The SMILES string of the molecule is Nc1c(C(=O)NCC2CCCC2)sc2nccnc12. The number of nitrogens with two attached hydrogens (primary N) is 1. The number of anilines is 1. The van der Waals surface area contributed by atoms with Crippen molar-refractivity contribution >= 4 is 33.3 Å². The summed E-state index contributed by atoms with van der Waals surface area (Å²) in [7, 11) is 0. The highest BCUT2D eigenvalue weighted by atomic mass is 32.1. The Labute approximate surface area is 115 Å². The number of thiophene rings is 1. The van der Waals surface area contributed by atoms with E-state index in [1.807, 2.05) is 0 Å². The molecule has 0 unspecified atom stereocenters. The molecule has 1 fully saturated rings. The Morgan fingerprint density at radius 2 is 2.11 bits per heavy atom. The highest BCUT2D eigenvalue weighted by Crippen LogP contribution is 2.30. The first-order valence-corrected chi connectivity index (χ1v) is 7.34. The topological polar surface area (TPSA) is 80.9 Å². The Morgan fingerprint density at radius 1 is 1.37 bits per heavy atom. The van der Waals surface area contributed by atoms with Gasteiger partial charge in [-0.15, -0.1) is 11.3 Å². The van der Waals surface area contributed by atoms with Gasteiger partial charge in [0.2, 0.25) is 0 Å². The molecule has 2 heterocycles. The Hall–Kier alpha value is -1.69. The maximum absolute atomic E-state index is 12.2. The van der Waals surface area contributed by atoms with Gasteiger partial charge in [0, 0.05) is 18.9 Å². The highest BCUT2D eigenvalue weighted by molar-refractivity contribution is 7.21. The molecule has 0 bridgehead atoms. The van der Waals surface area contributed by atoms with Gasteiger partial charge in [-0.25, -0.2) is 9.97 Å². The maximum atomic E-state index is 12.2. The fourth-order valence-corrected chi connectivity index (χ4v) is 3.48. The van der Waals surface area contributed by atoms with E-state index >= 15 is 0 Å². The summed E-state index contributed by atoms with van der Waals surface area (Å²) >= 11 is 1.30. The fourth-order valence-electron chi connectivity index (χ4n) is 2.54. The molecule has 0 aromatic carbocycles. The van der Waals surface area contributed by atoms with Crippen molar-refractivity contribution in [1.29, 1.82) is 0 Å². The quantitative estimate of drug-likeness (QED) is 0.900. The Kier molecular flexibility index (Phi) is 3.33. The molecule has 1 aliphatic rings. The Morgan fingerprint density at radius 3 is 2.84 bits per heavy atom. The summed E-state index contributed by atoms with van der Waals surface area (Å²) < 4.78 is 0. The normalized spacial score (nSPS) is 16.0. The summed E-state index contributed by atoms with van der Waals surface area (Å²) in [6, 6.07) is 0. The van der Waals surface area contributed by atoms with E-state index < -0.39 is 0 Å². The van der Waals surface area contributed by atoms with Crippen LogP contribution in [0.2, 0.25) is 0 Å². The highest BCUT2D eigenvalue weighted by Gasteiger charge is 2.20. The molecule has 0 aliphatic heterocycles. The second-order valence-corrected chi connectivity index (χ2v) is 5.91. The summed E-state index contributed by atoms with van der Waals surface area (Å²) in [5.41, 5.74) is 7.04. The monoisotopic (exact) mass is 276 g/mol. The number of fused-ring (bicyclic) bond motifs is 1. The van der Waals surface area contributed by atoms with Crippen LogP contribution in [0.1, 0.15) is 35.4 Å². The zero-order chi connectivity index (χ0) is 13.2. The average molecular weight is 276 g/mol. The maximum Gasteiger partial charge on any atom is 0.263 e. The fraction of sp³-hybridized carbons (Fsp3) is 0.462. The van der Waals surface area contributed by atoms with Crippen LogP contribution < -0.4 is 11.1 Å². The first-order valence-electron chi connectivity index (χ1n) is 6.53. The van der Waals surface area contributed by atoms with Crippen molar-refractivity contribution in [2.45, 2.75) is 25.7 Å². The largest absolute Gasteiger partial charge is 0.396 e. The molecular formula is C13H16N4OS. The summed E-state index contributed by atoms with van der Waals surface area (Å²) in [6.07, 6.45) is 8.18. The second-order valence-electron chi connectivity index (χ2n) is 4.92. The van der Waals surface area contributed by atoms with Crippen LogP contribution >= 0.6 is 11.3 Å². The third kappa shape index (κ3) is 2.40. The van der Waals surface area contributed by atoms with Crippen LogP contribution in [-0.2, 0) is 0 Å². The third-order valence-corrected chi connectivity index (χ3v) is 4.70. The number of aromatic nitrogens is 2. The summed E-state index contributed by atoms with van der Waals surface area (Å²) in [5.74, 6) is 0.519. The third-order valence-electron chi connectivity index (χ3n) is 3.60. The first-order chi connectivity index (χ1) is 9.25. The Bertz CT molecular complexity index is 604. The predicted octanol–water partition coefficient (Wildman–Crippen LogP) is 2.19. The molecule has 5 nitrogen and oxygen atoms in total. The van der Waals surface area contributed by atoms with Gasteiger partial charge in [0.25, 0.3) is 5.91 Å². The van der Waals surface area contributed by atoms with Crippen LogP contribution in [0.3, 0.4) is 0 Å². The van der Waals surface area contributed by atoms with Gasteiger partial charge in [-0.3, -0.25) is 4.79 Å². The molecule has 0 saturated heterocycles. The molecule has 0 spiro atoms. The van der Waals surface area contributed by atoms with Gasteiger partial charge in [-0.2, -0.15) is 0 Å². The van der Waals surface area contributed by atoms with Crippen LogP contribution in [0.5, 0.6) is 0 Å². The molecular weight excluding hydrogens is 260 g/mol. The number of rotatable bonds is 3. The van der Waals surface area contributed by atoms with Crippen molar-refractivity contribution in [2.75, 3.05) is 12.3 Å². The minimum absolute atomic E-state index is 0.103. The van der Waals surface area contributed by atoms with Gasteiger partial charge in [-0.05, 0) is 18.8 Å². The number of nitrogens with one attached hydrogen (secondary N) is 1. The van der Waals surface area contributed by atoms with Crippen molar-refractivity contribution in [1.82, 2.24) is 15.3 Å². The molecule has 0 radical (unpaired) electrons. The van der Waals surface area contributed by atoms with E-state index in [4.69, 9.17) is 5.73 Å². The van der Waals surface area contributed by atoms with E-state index in [-0.39, 0.29) is 5.91 Å². The molecule has 100 valence electrons. The van der Waals surface area contributed by atoms with E-state index in [0.29, 0.717) is 26.8 Å². The van der Waals surface area contributed by atoms with Gasteiger partial charge >= 0.3 is 0 Å². The molecule has 3 rings (SSSR count). The van der Waals surface area contributed by atoms with Crippen molar-refractivity contribution in [3.63, 3.8) is 0 Å². The van der Waals surface area contributed by atoms with Crippen LogP contribution in [0.25, 0.3) is 10.3 Å². The number of nitrogens with zero attached hydrogens (tertiary/aromatic N) is 2. The number of nitrogen functional groups attached to an aromatic ring is 1. The van der Waals surface area contributed by atoms with Crippen LogP contribution in [-0.4, -0.2) is 22.4 Å². The lowest BCUT2D eigenvalue weighted by Gasteiger charge is -2.09. The van der Waals surface area contributed by atoms with Crippen molar-refractivity contribution in [3.05, 3.63) is 17.3 Å². The van der Waals surface area contributed by atoms with Gasteiger partial charge < -0.3 is 11.1 Å². The summed E-state index contributed by atoms with van der Waals surface area (Å²) in [4.78, 5) is 21.7. The van der Waals surface area contributed by atoms with Crippen molar-refractivity contribution in [2.24, 2.45) is 5.92 Å². The van der Waals surface area contributed by atoms with Crippen LogP contribution in [0.15, 0.2) is 12.4 Å². The zero-order valence-electron chi connectivity index (χ0n) is 10.6. The van der Waals surface area contributed by atoms with Gasteiger partial charge in [0.05, 0.1) is 5.69 Å². The molecule has 19 heavy (non-hydrogen) atoms. The van der Waals surface area contributed by atoms with E-state index in [9.17, 15) is 4.79 Å². The average Bonchev–Trinajstić information content (AvgIpc) is 3.05. The molecule has 1 aliphatic carbocycles. The van der Waals surface area contributed by atoms with Crippen LogP contribution in [0.4, 0.5) is 5.69 Å². The molecule has 2 aromatic heterocycles. The lowest BCUT2D eigenvalue weighted by molar-refractivity contribution is 0.0952. The number of hydrogen-bond acceptors (Lipinski definition) is 5. The predicted molar refractivity (Wildman–Crippen MR) is 76.1 cm³/mol. The summed E-state index contributed by atoms with van der Waals surface area (Å²) in [6.45, 7) is 0.743. The molecule has 0 atom stereocenters. The van der Waals surface area contributed by atoms with Crippen molar-refractivity contribution in [3.8, 4) is 0 Å². The number of carbonyl (C=O) groups excluding carboxylic acids is 1. The molecule has 1 amide bonds. The number of hydrogen-bond donors (Lipinski definition) is 2. The summed E-state index contributed by atoms with van der Waals surface area (Å²) in [5, 5.41) is 2.98. The lowest BCUT2D eigenvalue weighted by Crippen LogP contribution is -2.28. The smallest absolute Gasteiger partial charge is 0.263 e. The van der Waals surface area contributed by atoms with E-state index in [1.165, 1.54) is 37.0 Å². The zero-order valence-corrected chi connectivity index (χ0v) is 11.4.